The Morgan fingerprint density at radius 3 is 2.41 bits per heavy atom. The van der Waals surface area contributed by atoms with E-state index in [-0.39, 0.29) is 0 Å². The monoisotopic (exact) mass is 254 g/mol. The lowest BCUT2D eigenvalue weighted by Crippen LogP contribution is -1.96. The molecule has 0 unspecified atom stereocenters. The number of carbonyl (C=O) groups excluding carboxylic acids is 1. The van der Waals surface area contributed by atoms with E-state index in [1.54, 1.807) is 0 Å². The summed E-state index contributed by atoms with van der Waals surface area (Å²) < 4.78 is 0. The lowest BCUT2D eigenvalue weighted by molar-refractivity contribution is -0.119. The van der Waals surface area contributed by atoms with Crippen LogP contribution in [-0.2, 0) is 4.79 Å². The highest BCUT2D eigenvalue weighted by molar-refractivity contribution is 7.99. The van der Waals surface area contributed by atoms with Gasteiger partial charge in [0, 0.05) is 12.8 Å². The average Bonchev–Trinajstić information content (AvgIpc) is 2.32. The van der Waals surface area contributed by atoms with Gasteiger partial charge >= 0.3 is 0 Å². The molecule has 0 bridgehead atoms. The highest BCUT2D eigenvalue weighted by Crippen LogP contribution is 2.13. The highest BCUT2D eigenvalue weighted by Gasteiger charge is 2.00. The number of allylic oxidation sites excluding steroid dienone is 2. The first kappa shape index (κ1) is 14.8. The first-order valence-electron chi connectivity index (χ1n) is 7.14. The van der Waals surface area contributed by atoms with Crippen molar-refractivity contribution in [2.24, 2.45) is 0 Å². The summed E-state index contributed by atoms with van der Waals surface area (Å²) in [5.74, 6) is 3.07. The van der Waals surface area contributed by atoms with Crippen LogP contribution in [0, 0.1) is 0 Å². The van der Waals surface area contributed by atoms with Crippen LogP contribution in [0.25, 0.3) is 0 Å². The molecule has 98 valence electrons. The van der Waals surface area contributed by atoms with E-state index in [0.29, 0.717) is 5.78 Å². The van der Waals surface area contributed by atoms with Crippen LogP contribution in [0.3, 0.4) is 0 Å². The van der Waals surface area contributed by atoms with Crippen LogP contribution < -0.4 is 0 Å². The van der Waals surface area contributed by atoms with Gasteiger partial charge in [-0.15, -0.1) is 0 Å². The topological polar surface area (TPSA) is 17.1 Å². The van der Waals surface area contributed by atoms with Crippen LogP contribution in [-0.4, -0.2) is 17.3 Å². The van der Waals surface area contributed by atoms with Gasteiger partial charge in [0.15, 0.2) is 0 Å². The average molecular weight is 254 g/mol. The molecule has 0 saturated carbocycles. The summed E-state index contributed by atoms with van der Waals surface area (Å²) in [6, 6.07) is 0. The zero-order valence-corrected chi connectivity index (χ0v) is 11.8. The fourth-order valence-electron chi connectivity index (χ4n) is 2.07. The molecule has 0 amide bonds. The van der Waals surface area contributed by atoms with Crippen LogP contribution in [0.15, 0.2) is 12.2 Å². The molecule has 2 heteroatoms. The normalized spacial score (nSPS) is 24.4. The van der Waals surface area contributed by atoms with Crippen molar-refractivity contribution in [1.82, 2.24) is 0 Å². The van der Waals surface area contributed by atoms with Crippen molar-refractivity contribution in [3.63, 3.8) is 0 Å². The fourth-order valence-corrected chi connectivity index (χ4v) is 3.05. The van der Waals surface area contributed by atoms with Gasteiger partial charge in [0.05, 0.1) is 0 Å². The lowest BCUT2D eigenvalue weighted by Gasteiger charge is -2.03. The molecule has 17 heavy (non-hydrogen) atoms. The molecule has 0 aromatic rings. The summed E-state index contributed by atoms with van der Waals surface area (Å²) in [6.07, 6.45) is 15.8. The Morgan fingerprint density at radius 1 is 0.765 bits per heavy atom. The minimum Gasteiger partial charge on any atom is -0.300 e. The van der Waals surface area contributed by atoms with Crippen molar-refractivity contribution in [1.29, 1.82) is 0 Å². The third kappa shape index (κ3) is 9.46. The van der Waals surface area contributed by atoms with Gasteiger partial charge in [-0.05, 0) is 43.6 Å². The van der Waals surface area contributed by atoms with Gasteiger partial charge in [-0.2, -0.15) is 11.8 Å². The number of Topliss-reactive ketones (excluding diaryl/α,β-unsaturated/α-hetero) is 1. The summed E-state index contributed by atoms with van der Waals surface area (Å²) in [5, 5.41) is 0. The molecule has 1 rings (SSSR count). The minimum absolute atomic E-state index is 0.456. The van der Waals surface area contributed by atoms with Crippen molar-refractivity contribution in [2.45, 2.75) is 64.2 Å². The highest BCUT2D eigenvalue weighted by atomic mass is 32.2. The first-order valence-corrected chi connectivity index (χ1v) is 8.29. The Morgan fingerprint density at radius 2 is 1.47 bits per heavy atom. The van der Waals surface area contributed by atoms with E-state index in [9.17, 15) is 4.79 Å². The van der Waals surface area contributed by atoms with Gasteiger partial charge in [0.25, 0.3) is 0 Å². The van der Waals surface area contributed by atoms with Crippen molar-refractivity contribution >= 4 is 17.5 Å². The molecule has 1 heterocycles. The van der Waals surface area contributed by atoms with Gasteiger partial charge in [0.1, 0.15) is 5.78 Å². The zero-order chi connectivity index (χ0) is 12.2. The SMILES string of the molecule is O=C1CC/C=C/CCCSCCCCCCC1. The van der Waals surface area contributed by atoms with Gasteiger partial charge in [0.2, 0.25) is 0 Å². The summed E-state index contributed by atoms with van der Waals surface area (Å²) in [7, 11) is 0. The molecule has 0 atom stereocenters. The van der Waals surface area contributed by atoms with E-state index in [2.05, 4.69) is 23.9 Å². The number of rotatable bonds is 0. The van der Waals surface area contributed by atoms with Gasteiger partial charge in [-0.25, -0.2) is 0 Å². The fraction of sp³-hybridized carbons (Fsp3) is 0.800. The van der Waals surface area contributed by atoms with Gasteiger partial charge in [-0.1, -0.05) is 31.4 Å². The Balaban J connectivity index is 2.19. The first-order chi connectivity index (χ1) is 8.39. The molecule has 0 saturated heterocycles. The molecule has 0 aromatic heterocycles. The molecule has 0 N–H and O–H groups in total. The molecule has 0 radical (unpaired) electrons. The maximum Gasteiger partial charge on any atom is 0.133 e. The summed E-state index contributed by atoms with van der Waals surface area (Å²) in [6.45, 7) is 0. The molecule has 1 nitrogen and oxygen atoms in total. The third-order valence-corrected chi connectivity index (χ3v) is 4.31. The van der Waals surface area contributed by atoms with Crippen LogP contribution in [0.2, 0.25) is 0 Å². The Kier molecular flexibility index (Phi) is 9.49. The van der Waals surface area contributed by atoms with Crippen molar-refractivity contribution < 1.29 is 4.79 Å². The third-order valence-electron chi connectivity index (χ3n) is 3.16. The van der Waals surface area contributed by atoms with Gasteiger partial charge < -0.3 is 0 Å². The maximum absolute atomic E-state index is 11.5. The van der Waals surface area contributed by atoms with Gasteiger partial charge in [-0.3, -0.25) is 4.79 Å². The summed E-state index contributed by atoms with van der Waals surface area (Å²) >= 11 is 2.10. The predicted octanol–water partition coefficient (Wildman–Crippen LogP) is 4.76. The predicted molar refractivity (Wildman–Crippen MR) is 77.6 cm³/mol. The second-order valence-electron chi connectivity index (χ2n) is 4.82. The van der Waals surface area contributed by atoms with Crippen molar-refractivity contribution in [3.05, 3.63) is 12.2 Å². The van der Waals surface area contributed by atoms with E-state index >= 15 is 0 Å². The molecule has 1 aliphatic rings. The molecule has 0 spiro atoms. The van der Waals surface area contributed by atoms with E-state index in [4.69, 9.17) is 0 Å². The molecular weight excluding hydrogens is 228 g/mol. The minimum atomic E-state index is 0.456. The quantitative estimate of drug-likeness (QED) is 0.580. The summed E-state index contributed by atoms with van der Waals surface area (Å²) in [4.78, 5) is 11.5. The Labute approximate surface area is 110 Å². The van der Waals surface area contributed by atoms with Crippen LogP contribution in [0.1, 0.15) is 64.2 Å². The number of carbonyl (C=O) groups is 1. The van der Waals surface area contributed by atoms with Crippen LogP contribution in [0.4, 0.5) is 0 Å². The summed E-state index contributed by atoms with van der Waals surface area (Å²) in [5.41, 5.74) is 0. The Hall–Kier alpha value is -0.240. The van der Waals surface area contributed by atoms with E-state index in [1.807, 2.05) is 0 Å². The standard InChI is InChI=1S/C15H26OS/c16-15-11-7-3-1-5-9-13-17-14-10-6-2-4-8-12-15/h1,3H,2,4-14H2/b3-1+. The lowest BCUT2D eigenvalue weighted by atomic mass is 10.1. The number of hydrogen-bond donors (Lipinski definition) is 0. The zero-order valence-electron chi connectivity index (χ0n) is 11.0. The second-order valence-corrected chi connectivity index (χ2v) is 6.05. The number of ketones is 1. The molecule has 0 aromatic carbocycles. The van der Waals surface area contributed by atoms with Crippen LogP contribution >= 0.6 is 11.8 Å². The number of hydrogen-bond acceptors (Lipinski definition) is 2. The molecule has 0 aliphatic carbocycles. The van der Waals surface area contributed by atoms with E-state index in [1.165, 1.54) is 50.0 Å². The van der Waals surface area contributed by atoms with E-state index < -0.39 is 0 Å². The second kappa shape index (κ2) is 10.9. The van der Waals surface area contributed by atoms with Crippen molar-refractivity contribution in [3.8, 4) is 0 Å². The maximum atomic E-state index is 11.5. The Bertz CT molecular complexity index is 223. The molecule has 1 aliphatic heterocycles. The van der Waals surface area contributed by atoms with Crippen LogP contribution in [0.5, 0.6) is 0 Å². The number of thioether (sulfide) groups is 1. The largest absolute Gasteiger partial charge is 0.300 e. The molecule has 0 fully saturated rings. The smallest absolute Gasteiger partial charge is 0.133 e. The van der Waals surface area contributed by atoms with E-state index in [0.717, 1.165) is 25.7 Å². The van der Waals surface area contributed by atoms with Crippen molar-refractivity contribution in [2.75, 3.05) is 11.5 Å². The molecular formula is C15H26OS.